The smallest absolute Gasteiger partial charge is 0.246 e. The highest BCUT2D eigenvalue weighted by Gasteiger charge is 2.28. The number of fused-ring (bicyclic) bond motifs is 1. The summed E-state index contributed by atoms with van der Waals surface area (Å²) in [5, 5.41) is 11.6. The number of pyridine rings is 1. The minimum absolute atomic E-state index is 0.0499. The number of nitrogens with zero attached hydrogens (tertiary/aromatic N) is 7. The minimum atomic E-state index is -0.0499. The van der Waals surface area contributed by atoms with E-state index in [1.807, 2.05) is 31.3 Å². The van der Waals surface area contributed by atoms with Crippen molar-refractivity contribution >= 4 is 45.9 Å². The Bertz CT molecular complexity index is 1440. The van der Waals surface area contributed by atoms with E-state index in [1.165, 1.54) is 12.4 Å². The number of nitrogens with one attached hydrogen (secondary N) is 1. The van der Waals surface area contributed by atoms with Gasteiger partial charge in [0.1, 0.15) is 35.7 Å². The van der Waals surface area contributed by atoms with Gasteiger partial charge in [-0.05, 0) is 55.0 Å². The van der Waals surface area contributed by atoms with Gasteiger partial charge in [-0.25, -0.2) is 15.0 Å². The Morgan fingerprint density at radius 1 is 1.30 bits per heavy atom. The van der Waals surface area contributed by atoms with Gasteiger partial charge in [-0.2, -0.15) is 10.2 Å². The molecule has 5 rings (SSSR count). The van der Waals surface area contributed by atoms with Gasteiger partial charge in [0.15, 0.2) is 5.82 Å². The van der Waals surface area contributed by atoms with Gasteiger partial charge < -0.3 is 19.9 Å². The molecule has 3 aromatic heterocycles. The normalized spacial score (nSPS) is 15.0. The number of carbonyl (C=O) groups is 1. The average Bonchev–Trinajstić information content (AvgIpc) is 3.43. The molecular weight excluding hydrogens is 492 g/mol. The van der Waals surface area contributed by atoms with E-state index in [0.29, 0.717) is 46.4 Å². The molecule has 1 aliphatic rings. The van der Waals surface area contributed by atoms with Crippen LogP contribution in [0.1, 0.15) is 12.1 Å². The molecule has 4 aromatic rings. The number of ether oxygens (including phenoxy) is 1. The van der Waals surface area contributed by atoms with E-state index in [9.17, 15) is 4.79 Å². The molecule has 188 valence electrons. The predicted octanol–water partition coefficient (Wildman–Crippen LogP) is 4.01. The van der Waals surface area contributed by atoms with Gasteiger partial charge in [0.2, 0.25) is 5.91 Å². The number of anilines is 3. The Labute approximate surface area is 219 Å². The third kappa shape index (κ3) is 5.44. The number of hydrogen-bond donors (Lipinski definition) is 1. The van der Waals surface area contributed by atoms with Crippen molar-refractivity contribution in [2.75, 3.05) is 30.4 Å². The van der Waals surface area contributed by atoms with Crippen LogP contribution in [0.3, 0.4) is 0 Å². The fourth-order valence-corrected chi connectivity index (χ4v) is 4.42. The lowest BCUT2D eigenvalue weighted by Gasteiger charge is -2.26. The molecule has 0 bridgehead atoms. The molecule has 0 radical (unpaired) electrons. The number of amides is 1. The number of benzene rings is 1. The summed E-state index contributed by atoms with van der Waals surface area (Å²) in [6.07, 6.45) is 5.31. The summed E-state index contributed by atoms with van der Waals surface area (Å²) < 4.78 is 5.78. The third-order valence-electron chi connectivity index (χ3n) is 6.22. The Morgan fingerprint density at radius 3 is 2.97 bits per heavy atom. The maximum absolute atomic E-state index is 12.0. The Hall–Kier alpha value is -4.31. The first-order valence-electron chi connectivity index (χ1n) is 11.7. The summed E-state index contributed by atoms with van der Waals surface area (Å²) in [6, 6.07) is 13.0. The van der Waals surface area contributed by atoms with Gasteiger partial charge in [-0.15, -0.1) is 0 Å². The molecular formula is C26H25ClN8O2. The van der Waals surface area contributed by atoms with E-state index in [-0.39, 0.29) is 18.6 Å². The van der Waals surface area contributed by atoms with Crippen LogP contribution in [-0.2, 0) is 11.4 Å². The van der Waals surface area contributed by atoms with Crippen LogP contribution in [-0.4, -0.2) is 62.1 Å². The summed E-state index contributed by atoms with van der Waals surface area (Å²) in [4.78, 5) is 29.5. The lowest BCUT2D eigenvalue weighted by Crippen LogP contribution is -2.36. The first-order chi connectivity index (χ1) is 18.0. The maximum Gasteiger partial charge on any atom is 0.246 e. The van der Waals surface area contributed by atoms with Gasteiger partial charge in [0.05, 0.1) is 10.5 Å². The fraction of sp³-hybridized carbons (Fsp3) is 0.231. The van der Waals surface area contributed by atoms with E-state index in [0.717, 1.165) is 17.9 Å². The first kappa shape index (κ1) is 24.4. The molecule has 1 aromatic carbocycles. The quantitative estimate of drug-likeness (QED) is 0.347. The standard InChI is InChI=1S/C26H25ClN8O2/c1-3-24(36)35-12-10-19(14-35)34(2)23-9-7-21-25(32-23)26(29-16-28-21)31-17-6-8-22(20(27)13-17)37-15-18-5-4-11-30-33-18/h3-9,11,13,16,19H,1,10,12,14-15H2,2H3,(H,28,29,31)/t19-/m0/s1. The zero-order valence-electron chi connectivity index (χ0n) is 20.2. The van der Waals surface area contributed by atoms with Crippen LogP contribution in [0.4, 0.5) is 17.3 Å². The van der Waals surface area contributed by atoms with Crippen molar-refractivity contribution in [2.45, 2.75) is 19.1 Å². The molecule has 1 amide bonds. The Kier molecular flexibility index (Phi) is 7.09. The minimum Gasteiger partial charge on any atom is -0.486 e. The van der Waals surface area contributed by atoms with Crippen molar-refractivity contribution in [3.05, 3.63) is 78.4 Å². The van der Waals surface area contributed by atoms with Gasteiger partial charge >= 0.3 is 0 Å². The van der Waals surface area contributed by atoms with Crippen LogP contribution in [0, 0.1) is 0 Å². The lowest BCUT2D eigenvalue weighted by molar-refractivity contribution is -0.125. The van der Waals surface area contributed by atoms with Crippen LogP contribution in [0.2, 0.25) is 5.02 Å². The van der Waals surface area contributed by atoms with Crippen molar-refractivity contribution in [3.8, 4) is 5.75 Å². The topological polar surface area (TPSA) is 109 Å². The molecule has 0 spiro atoms. The van der Waals surface area contributed by atoms with Crippen molar-refractivity contribution in [1.29, 1.82) is 0 Å². The number of aromatic nitrogens is 5. The average molecular weight is 517 g/mol. The molecule has 1 atom stereocenters. The molecule has 10 nitrogen and oxygen atoms in total. The number of hydrogen-bond acceptors (Lipinski definition) is 9. The van der Waals surface area contributed by atoms with E-state index in [1.54, 1.807) is 29.3 Å². The van der Waals surface area contributed by atoms with Crippen LogP contribution >= 0.6 is 11.6 Å². The van der Waals surface area contributed by atoms with Crippen molar-refractivity contribution in [1.82, 2.24) is 30.0 Å². The fourth-order valence-electron chi connectivity index (χ4n) is 4.19. The van der Waals surface area contributed by atoms with E-state index in [4.69, 9.17) is 21.3 Å². The van der Waals surface area contributed by atoms with Gasteiger partial charge in [-0.3, -0.25) is 4.79 Å². The second-order valence-corrected chi connectivity index (χ2v) is 8.98. The van der Waals surface area contributed by atoms with E-state index >= 15 is 0 Å². The number of likely N-dealkylation sites (tertiary alicyclic amines) is 1. The van der Waals surface area contributed by atoms with Gasteiger partial charge in [-0.1, -0.05) is 18.2 Å². The number of rotatable bonds is 8. The van der Waals surface area contributed by atoms with Crippen LogP contribution in [0.25, 0.3) is 11.0 Å². The number of halogens is 1. The lowest BCUT2D eigenvalue weighted by atomic mass is 10.2. The summed E-state index contributed by atoms with van der Waals surface area (Å²) in [5.41, 5.74) is 2.77. The second-order valence-electron chi connectivity index (χ2n) is 8.58. The van der Waals surface area contributed by atoms with Crippen molar-refractivity contribution in [3.63, 3.8) is 0 Å². The summed E-state index contributed by atoms with van der Waals surface area (Å²) in [6.45, 7) is 5.17. The Balaban J connectivity index is 1.33. The van der Waals surface area contributed by atoms with Crippen molar-refractivity contribution < 1.29 is 9.53 Å². The molecule has 37 heavy (non-hydrogen) atoms. The zero-order valence-corrected chi connectivity index (χ0v) is 21.0. The monoisotopic (exact) mass is 516 g/mol. The molecule has 0 aliphatic carbocycles. The molecule has 0 unspecified atom stereocenters. The Morgan fingerprint density at radius 2 is 2.19 bits per heavy atom. The van der Waals surface area contributed by atoms with Crippen molar-refractivity contribution in [2.24, 2.45) is 0 Å². The van der Waals surface area contributed by atoms with Crippen LogP contribution < -0.4 is 15.0 Å². The molecule has 1 saturated heterocycles. The first-order valence-corrected chi connectivity index (χ1v) is 12.1. The molecule has 0 saturated carbocycles. The summed E-state index contributed by atoms with van der Waals surface area (Å²) in [5.74, 6) is 1.81. The second kappa shape index (κ2) is 10.8. The van der Waals surface area contributed by atoms with E-state index in [2.05, 4.69) is 37.0 Å². The molecule has 1 N–H and O–H groups in total. The van der Waals surface area contributed by atoms with Gasteiger partial charge in [0.25, 0.3) is 0 Å². The highest BCUT2D eigenvalue weighted by molar-refractivity contribution is 6.32. The highest BCUT2D eigenvalue weighted by atomic mass is 35.5. The largest absolute Gasteiger partial charge is 0.486 e. The van der Waals surface area contributed by atoms with Crippen LogP contribution in [0.5, 0.6) is 5.75 Å². The molecule has 4 heterocycles. The predicted molar refractivity (Wildman–Crippen MR) is 142 cm³/mol. The zero-order chi connectivity index (χ0) is 25.8. The number of carbonyl (C=O) groups excluding carboxylic acids is 1. The highest BCUT2D eigenvalue weighted by Crippen LogP contribution is 2.31. The van der Waals surface area contributed by atoms with Crippen LogP contribution in [0.15, 0.2) is 67.6 Å². The third-order valence-corrected chi connectivity index (χ3v) is 6.52. The maximum atomic E-state index is 12.0. The summed E-state index contributed by atoms with van der Waals surface area (Å²) in [7, 11) is 1.98. The number of likely N-dealkylation sites (N-methyl/N-ethyl adjacent to an activating group) is 1. The molecule has 11 heteroatoms. The van der Waals surface area contributed by atoms with Gasteiger partial charge in [0, 0.05) is 38.1 Å². The molecule has 1 fully saturated rings. The SMILES string of the molecule is C=CC(=O)N1CC[C@H](N(C)c2ccc3ncnc(Nc4ccc(OCc5cccnn5)c(Cl)c4)c3n2)C1. The van der Waals surface area contributed by atoms with E-state index < -0.39 is 0 Å². The summed E-state index contributed by atoms with van der Waals surface area (Å²) >= 11 is 6.47. The molecule has 1 aliphatic heterocycles.